The number of rotatable bonds is 3. The van der Waals surface area contributed by atoms with Crippen LogP contribution >= 0.6 is 11.6 Å². The zero-order valence-corrected chi connectivity index (χ0v) is 15.7. The van der Waals surface area contributed by atoms with Crippen molar-refractivity contribution < 1.29 is 0 Å². The quantitative estimate of drug-likeness (QED) is 0.362. The summed E-state index contributed by atoms with van der Waals surface area (Å²) in [4.78, 5) is 9.14. The van der Waals surface area contributed by atoms with Gasteiger partial charge in [0.15, 0.2) is 0 Å². The minimum absolute atomic E-state index is 0.728. The maximum atomic E-state index is 6.14. The van der Waals surface area contributed by atoms with Gasteiger partial charge >= 0.3 is 0 Å². The molecule has 3 heterocycles. The Morgan fingerprint density at radius 2 is 1.50 bits per heavy atom. The van der Waals surface area contributed by atoms with Crippen LogP contribution in [0.5, 0.6) is 0 Å². The summed E-state index contributed by atoms with van der Waals surface area (Å²) in [6.45, 7) is 0. The van der Waals surface area contributed by atoms with E-state index in [4.69, 9.17) is 11.6 Å². The minimum Gasteiger partial charge on any atom is -0.300 e. The lowest BCUT2D eigenvalue weighted by atomic mass is 10.1. The fraction of sp³-hybridized carbons (Fsp3) is 0. The molecular weight excluding hydrogens is 366 g/mol. The van der Waals surface area contributed by atoms with Crippen LogP contribution in [0.25, 0.3) is 39.3 Å². The van der Waals surface area contributed by atoms with Crippen LogP contribution in [0.15, 0.2) is 97.5 Å². The zero-order valence-electron chi connectivity index (χ0n) is 15.0. The van der Waals surface area contributed by atoms with Crippen LogP contribution in [0.3, 0.4) is 0 Å². The summed E-state index contributed by atoms with van der Waals surface area (Å²) in [6.07, 6.45) is 5.80. The maximum absolute atomic E-state index is 6.14. The lowest BCUT2D eigenvalue weighted by Gasteiger charge is -2.07. The number of nitrogens with zero attached hydrogens (tertiary/aromatic N) is 3. The molecule has 3 nitrogen and oxygen atoms in total. The van der Waals surface area contributed by atoms with Crippen molar-refractivity contribution in [3.05, 3.63) is 102 Å². The molecule has 0 amide bonds. The van der Waals surface area contributed by atoms with E-state index in [2.05, 4.69) is 57.0 Å². The normalized spacial score (nSPS) is 11.0. The highest BCUT2D eigenvalue weighted by Gasteiger charge is 2.09. The van der Waals surface area contributed by atoms with Crippen LogP contribution < -0.4 is 0 Å². The average molecular weight is 382 g/mol. The molecule has 0 bridgehead atoms. The second-order valence-electron chi connectivity index (χ2n) is 6.59. The van der Waals surface area contributed by atoms with Gasteiger partial charge in [0, 0.05) is 28.5 Å². The molecule has 0 saturated heterocycles. The van der Waals surface area contributed by atoms with E-state index in [1.54, 1.807) is 0 Å². The number of aromatic nitrogens is 3. The van der Waals surface area contributed by atoms with E-state index in [9.17, 15) is 0 Å². The molecule has 0 spiro atoms. The highest BCUT2D eigenvalue weighted by molar-refractivity contribution is 6.30. The maximum Gasteiger partial charge on any atom is 0.137 e. The summed E-state index contributed by atoms with van der Waals surface area (Å²) in [5.41, 5.74) is 7.22. The van der Waals surface area contributed by atoms with E-state index < -0.39 is 0 Å². The topological polar surface area (TPSA) is 30.2 Å². The second kappa shape index (κ2) is 6.95. The highest BCUT2D eigenvalue weighted by Crippen LogP contribution is 2.28. The van der Waals surface area contributed by atoms with Crippen molar-refractivity contribution in [2.75, 3.05) is 0 Å². The molecule has 0 saturated carbocycles. The summed E-state index contributed by atoms with van der Waals surface area (Å²) in [7, 11) is 0. The van der Waals surface area contributed by atoms with Gasteiger partial charge in [-0.1, -0.05) is 54.1 Å². The first-order valence-electron chi connectivity index (χ1n) is 9.03. The van der Waals surface area contributed by atoms with Crippen LogP contribution in [-0.2, 0) is 0 Å². The van der Waals surface area contributed by atoms with Crippen molar-refractivity contribution in [2.45, 2.75) is 0 Å². The molecule has 0 atom stereocenters. The molecule has 0 aliphatic heterocycles. The van der Waals surface area contributed by atoms with Gasteiger partial charge in [-0.25, -0.2) is 4.98 Å². The van der Waals surface area contributed by atoms with Crippen molar-refractivity contribution >= 4 is 17.2 Å². The van der Waals surface area contributed by atoms with Gasteiger partial charge in [0.2, 0.25) is 0 Å². The molecule has 2 aromatic carbocycles. The third kappa shape index (κ3) is 3.06. The number of fused-ring (bicyclic) bond motifs is 1. The Labute approximate surface area is 167 Å². The number of hydrogen-bond acceptors (Lipinski definition) is 2. The number of pyridine rings is 2. The lowest BCUT2D eigenvalue weighted by molar-refractivity contribution is 1.19. The molecule has 0 N–H and O–H groups in total. The Hall–Kier alpha value is -3.43. The van der Waals surface area contributed by atoms with Gasteiger partial charge < -0.3 is 0 Å². The Kier molecular flexibility index (Phi) is 4.15. The monoisotopic (exact) mass is 381 g/mol. The van der Waals surface area contributed by atoms with Gasteiger partial charge in [0.1, 0.15) is 5.65 Å². The molecule has 28 heavy (non-hydrogen) atoms. The van der Waals surface area contributed by atoms with E-state index in [0.29, 0.717) is 0 Å². The fourth-order valence-electron chi connectivity index (χ4n) is 3.40. The summed E-state index contributed by atoms with van der Waals surface area (Å²) < 4.78 is 2.10. The Morgan fingerprint density at radius 3 is 2.36 bits per heavy atom. The van der Waals surface area contributed by atoms with Gasteiger partial charge in [-0.3, -0.25) is 9.38 Å². The van der Waals surface area contributed by atoms with Gasteiger partial charge in [-0.15, -0.1) is 0 Å². The third-order valence-electron chi connectivity index (χ3n) is 4.80. The summed E-state index contributed by atoms with van der Waals surface area (Å²) >= 11 is 6.14. The van der Waals surface area contributed by atoms with Crippen molar-refractivity contribution in [1.82, 2.24) is 14.4 Å². The van der Waals surface area contributed by atoms with Crippen LogP contribution in [0.4, 0.5) is 0 Å². The molecule has 0 fully saturated rings. The predicted octanol–water partition coefficient (Wildman–Crippen LogP) is 6.38. The van der Waals surface area contributed by atoms with E-state index >= 15 is 0 Å². The molecule has 5 aromatic rings. The minimum atomic E-state index is 0.728. The molecule has 5 rings (SSSR count). The van der Waals surface area contributed by atoms with E-state index in [1.807, 2.05) is 54.9 Å². The van der Waals surface area contributed by atoms with Crippen molar-refractivity contribution in [2.24, 2.45) is 0 Å². The van der Waals surface area contributed by atoms with Crippen LogP contribution in [0.1, 0.15) is 0 Å². The molecule has 0 aliphatic carbocycles. The second-order valence-corrected chi connectivity index (χ2v) is 7.03. The number of hydrogen-bond donors (Lipinski definition) is 0. The molecule has 0 radical (unpaired) electrons. The zero-order chi connectivity index (χ0) is 18.9. The smallest absolute Gasteiger partial charge is 0.137 e. The SMILES string of the molecule is Clc1cccc(-c2ccn3c(-c4ccnc(-c5ccccc5)c4)cnc3c2)c1. The Balaban J connectivity index is 1.57. The summed E-state index contributed by atoms with van der Waals surface area (Å²) in [6, 6.07) is 26.3. The first-order valence-corrected chi connectivity index (χ1v) is 9.41. The van der Waals surface area contributed by atoms with E-state index in [1.165, 1.54) is 0 Å². The summed E-state index contributed by atoms with van der Waals surface area (Å²) in [5.74, 6) is 0. The van der Waals surface area contributed by atoms with Crippen molar-refractivity contribution in [3.63, 3.8) is 0 Å². The molecular formula is C24H16ClN3. The molecule has 0 unspecified atom stereocenters. The first kappa shape index (κ1) is 16.7. The van der Waals surface area contributed by atoms with E-state index in [0.717, 1.165) is 44.3 Å². The number of benzene rings is 2. The van der Waals surface area contributed by atoms with Gasteiger partial charge in [-0.2, -0.15) is 0 Å². The van der Waals surface area contributed by atoms with E-state index in [-0.39, 0.29) is 0 Å². The third-order valence-corrected chi connectivity index (χ3v) is 5.03. The van der Waals surface area contributed by atoms with Crippen LogP contribution in [0.2, 0.25) is 5.02 Å². The number of imidazole rings is 1. The largest absolute Gasteiger partial charge is 0.300 e. The van der Waals surface area contributed by atoms with Gasteiger partial charge in [0.05, 0.1) is 17.6 Å². The fourth-order valence-corrected chi connectivity index (χ4v) is 3.59. The molecule has 0 aliphatic rings. The van der Waals surface area contributed by atoms with Crippen molar-refractivity contribution in [3.8, 4) is 33.6 Å². The molecule has 4 heteroatoms. The van der Waals surface area contributed by atoms with Gasteiger partial charge in [-0.05, 0) is 47.5 Å². The summed E-state index contributed by atoms with van der Waals surface area (Å²) in [5, 5.41) is 0.728. The van der Waals surface area contributed by atoms with Gasteiger partial charge in [0.25, 0.3) is 0 Å². The molecule has 3 aromatic heterocycles. The average Bonchev–Trinajstić information content (AvgIpc) is 3.18. The van der Waals surface area contributed by atoms with Crippen LogP contribution in [0, 0.1) is 0 Å². The standard InChI is InChI=1S/C24H16ClN3/c25-21-8-4-7-18(13-21)19-10-12-28-23(16-27-24(28)15-19)20-9-11-26-22(14-20)17-5-2-1-3-6-17/h1-16H. The Bertz CT molecular complexity index is 1280. The predicted molar refractivity (Wildman–Crippen MR) is 114 cm³/mol. The molecule has 134 valence electrons. The highest BCUT2D eigenvalue weighted by atomic mass is 35.5. The van der Waals surface area contributed by atoms with Crippen molar-refractivity contribution in [1.29, 1.82) is 0 Å². The first-order chi connectivity index (χ1) is 13.8. The van der Waals surface area contributed by atoms with Crippen LogP contribution in [-0.4, -0.2) is 14.4 Å². The Morgan fingerprint density at radius 1 is 0.679 bits per heavy atom. The number of halogens is 1. The lowest BCUT2D eigenvalue weighted by Crippen LogP contribution is -1.91.